The Morgan fingerprint density at radius 1 is 1.14 bits per heavy atom. The Morgan fingerprint density at radius 2 is 1.83 bits per heavy atom. The molecule has 4 nitrogen and oxygen atoms in total. The first-order valence-corrected chi connectivity index (χ1v) is 11.7. The zero-order valence-electron chi connectivity index (χ0n) is 17.3. The highest BCUT2D eigenvalue weighted by molar-refractivity contribution is 7.98. The predicted octanol–water partition coefficient (Wildman–Crippen LogP) is 5.05. The van der Waals surface area contributed by atoms with Crippen molar-refractivity contribution in [3.63, 3.8) is 0 Å². The highest BCUT2D eigenvalue weighted by Crippen LogP contribution is 2.59. The highest BCUT2D eigenvalue weighted by Gasteiger charge is 2.58. The lowest BCUT2D eigenvalue weighted by molar-refractivity contribution is -0.118. The van der Waals surface area contributed by atoms with Crippen LogP contribution < -0.4 is 10.1 Å². The van der Waals surface area contributed by atoms with Gasteiger partial charge in [0.2, 0.25) is 5.91 Å². The van der Waals surface area contributed by atoms with Crippen LogP contribution in [0, 0.1) is 11.3 Å². The first-order valence-electron chi connectivity index (χ1n) is 10.5. The smallest absolute Gasteiger partial charge is 0.228 e. The van der Waals surface area contributed by atoms with Crippen LogP contribution in [0.25, 0.3) is 0 Å². The molecule has 1 heterocycles. The van der Waals surface area contributed by atoms with Gasteiger partial charge in [-0.05, 0) is 92.9 Å². The van der Waals surface area contributed by atoms with Crippen molar-refractivity contribution in [3.8, 4) is 5.75 Å². The molecular formula is C24H30N2O2S. The second-order valence-electron chi connectivity index (χ2n) is 8.19. The number of anilines is 1. The van der Waals surface area contributed by atoms with E-state index in [1.54, 1.807) is 11.8 Å². The van der Waals surface area contributed by atoms with Crippen molar-refractivity contribution in [3.05, 3.63) is 54.1 Å². The van der Waals surface area contributed by atoms with Crippen LogP contribution in [-0.4, -0.2) is 36.8 Å². The number of nitrogens with zero attached hydrogens (tertiary/aromatic N) is 1. The fraction of sp³-hybridized carbons (Fsp3) is 0.458. The zero-order chi connectivity index (χ0) is 20.3. The number of hydrogen-bond acceptors (Lipinski definition) is 4. The summed E-state index contributed by atoms with van der Waals surface area (Å²) in [7, 11) is 0. The average molecular weight is 411 g/mol. The molecule has 154 valence electrons. The molecule has 1 spiro atoms. The molecule has 1 saturated carbocycles. The van der Waals surface area contributed by atoms with E-state index in [4.69, 9.17) is 4.74 Å². The summed E-state index contributed by atoms with van der Waals surface area (Å²) in [6.45, 7) is 5.81. The maximum absolute atomic E-state index is 12.7. The summed E-state index contributed by atoms with van der Waals surface area (Å²) >= 11 is 1.71. The van der Waals surface area contributed by atoms with Crippen molar-refractivity contribution in [1.29, 1.82) is 0 Å². The van der Waals surface area contributed by atoms with Gasteiger partial charge in [-0.2, -0.15) is 0 Å². The largest absolute Gasteiger partial charge is 0.494 e. The minimum Gasteiger partial charge on any atom is -0.494 e. The number of benzene rings is 2. The number of likely N-dealkylation sites (tertiary alicyclic amines) is 1. The summed E-state index contributed by atoms with van der Waals surface area (Å²) in [5, 5.41) is 3.12. The molecule has 0 radical (unpaired) electrons. The number of ether oxygens (including phenoxy) is 1. The Labute approximate surface area is 178 Å². The van der Waals surface area contributed by atoms with E-state index in [1.165, 1.54) is 10.5 Å². The van der Waals surface area contributed by atoms with Gasteiger partial charge in [0.25, 0.3) is 0 Å². The highest BCUT2D eigenvalue weighted by atomic mass is 32.2. The maximum Gasteiger partial charge on any atom is 0.228 e. The van der Waals surface area contributed by atoms with E-state index in [1.807, 2.05) is 19.1 Å². The molecule has 5 heteroatoms. The number of rotatable bonds is 7. The van der Waals surface area contributed by atoms with Crippen LogP contribution in [0.15, 0.2) is 53.4 Å². The molecule has 1 atom stereocenters. The van der Waals surface area contributed by atoms with Gasteiger partial charge in [0.05, 0.1) is 6.61 Å². The summed E-state index contributed by atoms with van der Waals surface area (Å²) in [6.07, 6.45) is 5.34. The first kappa shape index (κ1) is 20.3. The Morgan fingerprint density at radius 3 is 2.45 bits per heavy atom. The van der Waals surface area contributed by atoms with Gasteiger partial charge in [0.1, 0.15) is 5.75 Å². The molecule has 2 fully saturated rings. The number of thioether (sulfide) groups is 1. The maximum atomic E-state index is 12.7. The quantitative estimate of drug-likeness (QED) is 0.649. The van der Waals surface area contributed by atoms with Gasteiger partial charge < -0.3 is 10.1 Å². The number of carbonyl (C=O) groups is 1. The van der Waals surface area contributed by atoms with E-state index in [2.05, 4.69) is 52.9 Å². The van der Waals surface area contributed by atoms with Crippen molar-refractivity contribution in [2.24, 2.45) is 11.3 Å². The molecule has 0 bridgehead atoms. The van der Waals surface area contributed by atoms with Crippen LogP contribution >= 0.6 is 11.8 Å². The molecule has 2 aromatic carbocycles. The second-order valence-corrected chi connectivity index (χ2v) is 9.07. The van der Waals surface area contributed by atoms with Gasteiger partial charge in [-0.1, -0.05) is 12.1 Å². The van der Waals surface area contributed by atoms with Crippen LogP contribution in [0.3, 0.4) is 0 Å². The molecular weight excluding hydrogens is 380 g/mol. The Hall–Kier alpha value is -1.98. The van der Waals surface area contributed by atoms with E-state index >= 15 is 0 Å². The van der Waals surface area contributed by atoms with E-state index in [9.17, 15) is 4.79 Å². The van der Waals surface area contributed by atoms with Crippen LogP contribution in [0.4, 0.5) is 5.69 Å². The third-order valence-corrected chi connectivity index (χ3v) is 7.10. The Bertz CT molecular complexity index is 827. The molecule has 1 aliphatic carbocycles. The molecule has 1 saturated heterocycles. The number of nitrogens with one attached hydrogen (secondary N) is 1. The van der Waals surface area contributed by atoms with E-state index in [-0.39, 0.29) is 17.2 Å². The van der Waals surface area contributed by atoms with Crippen molar-refractivity contribution < 1.29 is 9.53 Å². The van der Waals surface area contributed by atoms with E-state index in [0.717, 1.165) is 50.3 Å². The lowest BCUT2D eigenvalue weighted by Crippen LogP contribution is -2.35. The van der Waals surface area contributed by atoms with Gasteiger partial charge in [-0.25, -0.2) is 0 Å². The fourth-order valence-electron chi connectivity index (χ4n) is 4.45. The minimum absolute atomic E-state index is 0.176. The first-order chi connectivity index (χ1) is 14.1. The normalized spacial score (nSPS) is 20.4. The second kappa shape index (κ2) is 8.80. The summed E-state index contributed by atoms with van der Waals surface area (Å²) in [4.78, 5) is 16.4. The molecule has 29 heavy (non-hydrogen) atoms. The van der Waals surface area contributed by atoms with Gasteiger partial charge in [-0.15, -0.1) is 11.8 Å². The third kappa shape index (κ3) is 4.78. The van der Waals surface area contributed by atoms with Gasteiger partial charge in [-0.3, -0.25) is 9.69 Å². The van der Waals surface area contributed by atoms with E-state index < -0.39 is 0 Å². The van der Waals surface area contributed by atoms with Crippen LogP contribution in [0.1, 0.15) is 31.7 Å². The molecule has 1 aliphatic heterocycles. The lowest BCUT2D eigenvalue weighted by Gasteiger charge is -2.32. The standard InChI is InChI=1S/C24H30N2O2S/c1-3-28-20-8-4-18(5-9-20)17-26-14-12-24(13-15-26)16-22(24)23(27)25-19-6-10-21(29-2)11-7-19/h4-11,22H,3,12-17H2,1-2H3,(H,25,27)/t22-/m0/s1. The van der Waals surface area contributed by atoms with E-state index in [0.29, 0.717) is 6.61 Å². The SMILES string of the molecule is CCOc1ccc(CN2CCC3(CC2)C[C@H]3C(=O)Nc2ccc(SC)cc2)cc1. The molecule has 2 aliphatic rings. The third-order valence-electron chi connectivity index (χ3n) is 6.36. The summed E-state index contributed by atoms with van der Waals surface area (Å²) in [6, 6.07) is 16.5. The van der Waals surface area contributed by atoms with Crippen molar-refractivity contribution >= 4 is 23.4 Å². The summed E-state index contributed by atoms with van der Waals surface area (Å²) < 4.78 is 5.52. The molecule has 1 amide bonds. The Kier molecular flexibility index (Phi) is 6.16. The number of amides is 1. The molecule has 4 rings (SSSR count). The van der Waals surface area contributed by atoms with Gasteiger partial charge in [0.15, 0.2) is 0 Å². The van der Waals surface area contributed by atoms with Crippen molar-refractivity contribution in [1.82, 2.24) is 4.90 Å². The lowest BCUT2D eigenvalue weighted by atomic mass is 9.90. The molecule has 2 aromatic rings. The zero-order valence-corrected chi connectivity index (χ0v) is 18.1. The molecule has 1 N–H and O–H groups in total. The van der Waals surface area contributed by atoms with Crippen molar-refractivity contribution in [2.75, 3.05) is 31.3 Å². The molecule has 0 aromatic heterocycles. The van der Waals surface area contributed by atoms with Crippen LogP contribution in [0.5, 0.6) is 5.75 Å². The monoisotopic (exact) mass is 410 g/mol. The van der Waals surface area contributed by atoms with Crippen LogP contribution in [0.2, 0.25) is 0 Å². The predicted molar refractivity (Wildman–Crippen MR) is 120 cm³/mol. The molecule has 0 unspecified atom stereocenters. The number of hydrogen-bond donors (Lipinski definition) is 1. The number of piperidine rings is 1. The van der Waals surface area contributed by atoms with Gasteiger partial charge in [0, 0.05) is 23.0 Å². The Balaban J connectivity index is 1.25. The summed E-state index contributed by atoms with van der Waals surface area (Å²) in [5.74, 6) is 1.31. The van der Waals surface area contributed by atoms with Gasteiger partial charge >= 0.3 is 0 Å². The average Bonchev–Trinajstić information content (AvgIpc) is 3.46. The topological polar surface area (TPSA) is 41.6 Å². The number of carbonyl (C=O) groups excluding carboxylic acids is 1. The fourth-order valence-corrected chi connectivity index (χ4v) is 4.86. The minimum atomic E-state index is 0.176. The summed E-state index contributed by atoms with van der Waals surface area (Å²) in [5.41, 5.74) is 2.46. The van der Waals surface area contributed by atoms with Crippen molar-refractivity contribution in [2.45, 2.75) is 37.6 Å². The van der Waals surface area contributed by atoms with Crippen LogP contribution in [-0.2, 0) is 11.3 Å².